The van der Waals surface area contributed by atoms with E-state index in [4.69, 9.17) is 0 Å². The van der Waals surface area contributed by atoms with Crippen molar-refractivity contribution in [2.24, 2.45) is 11.8 Å². The van der Waals surface area contributed by atoms with E-state index in [-0.39, 0.29) is 5.56 Å². The summed E-state index contributed by atoms with van der Waals surface area (Å²) in [5.41, 5.74) is -0.00522. The van der Waals surface area contributed by atoms with Gasteiger partial charge in [0.05, 0.1) is 0 Å². The van der Waals surface area contributed by atoms with Crippen LogP contribution >= 0.6 is 0 Å². The Hall–Kier alpha value is -1.36. The highest BCUT2D eigenvalue weighted by Gasteiger charge is 2.19. The number of rotatable bonds is 6. The summed E-state index contributed by atoms with van der Waals surface area (Å²) in [7, 11) is 0. The van der Waals surface area contributed by atoms with Crippen LogP contribution in [0.25, 0.3) is 0 Å². The van der Waals surface area contributed by atoms with E-state index in [9.17, 15) is 4.79 Å². The van der Waals surface area contributed by atoms with Gasteiger partial charge in [0, 0.05) is 32.0 Å². The lowest BCUT2D eigenvalue weighted by Gasteiger charge is -2.31. The molecule has 5 nitrogen and oxygen atoms in total. The van der Waals surface area contributed by atoms with Crippen LogP contribution in [0.15, 0.2) is 17.2 Å². The van der Waals surface area contributed by atoms with Gasteiger partial charge in [0.1, 0.15) is 0 Å². The summed E-state index contributed by atoms with van der Waals surface area (Å²) in [5.74, 6) is 1.56. The number of nitrogens with zero attached hydrogens (tertiary/aromatic N) is 3. The number of aromatic nitrogens is 2. The van der Waals surface area contributed by atoms with Crippen molar-refractivity contribution in [3.05, 3.63) is 22.7 Å². The van der Waals surface area contributed by atoms with Crippen LogP contribution in [0.2, 0.25) is 0 Å². The highest BCUT2D eigenvalue weighted by atomic mass is 16.1. The zero-order chi connectivity index (χ0) is 15.2. The number of hydrogen-bond donors (Lipinski definition) is 1. The Kier molecular flexibility index (Phi) is 5.79. The van der Waals surface area contributed by atoms with E-state index >= 15 is 0 Å². The molecule has 1 aromatic rings. The van der Waals surface area contributed by atoms with Crippen molar-refractivity contribution < 1.29 is 0 Å². The second kappa shape index (κ2) is 7.59. The van der Waals surface area contributed by atoms with Crippen molar-refractivity contribution in [1.82, 2.24) is 14.5 Å². The van der Waals surface area contributed by atoms with Crippen LogP contribution in [0, 0.1) is 11.8 Å². The lowest BCUT2D eigenvalue weighted by atomic mass is 9.98. The van der Waals surface area contributed by atoms with Crippen LogP contribution in [0.5, 0.6) is 0 Å². The van der Waals surface area contributed by atoms with Gasteiger partial charge in [-0.25, -0.2) is 4.98 Å². The topological polar surface area (TPSA) is 50.2 Å². The molecule has 1 N–H and O–H groups in total. The Labute approximate surface area is 127 Å². The second-order valence-electron chi connectivity index (χ2n) is 6.41. The largest absolute Gasteiger partial charge is 0.365 e. The van der Waals surface area contributed by atoms with E-state index in [0.717, 1.165) is 26.2 Å². The van der Waals surface area contributed by atoms with Crippen molar-refractivity contribution in [1.29, 1.82) is 0 Å². The van der Waals surface area contributed by atoms with Crippen molar-refractivity contribution in [3.8, 4) is 0 Å². The molecule has 2 rings (SSSR count). The molecule has 1 aromatic heterocycles. The van der Waals surface area contributed by atoms with Gasteiger partial charge in [-0.05, 0) is 37.8 Å². The quantitative estimate of drug-likeness (QED) is 0.872. The molecule has 0 aliphatic carbocycles. The van der Waals surface area contributed by atoms with Crippen LogP contribution in [0.3, 0.4) is 0 Å². The van der Waals surface area contributed by atoms with Crippen LogP contribution in [-0.4, -0.2) is 40.6 Å². The molecule has 0 radical (unpaired) electrons. The molecule has 0 spiro atoms. The van der Waals surface area contributed by atoms with E-state index in [0.29, 0.717) is 17.7 Å². The highest BCUT2D eigenvalue weighted by molar-refractivity contribution is 5.30. The van der Waals surface area contributed by atoms with E-state index in [1.807, 2.05) is 0 Å². The summed E-state index contributed by atoms with van der Waals surface area (Å²) < 4.78 is 1.75. The van der Waals surface area contributed by atoms with Gasteiger partial charge in [-0.3, -0.25) is 4.79 Å². The summed E-state index contributed by atoms with van der Waals surface area (Å²) in [6.45, 7) is 11.4. The Morgan fingerprint density at radius 1 is 1.48 bits per heavy atom. The van der Waals surface area contributed by atoms with Crippen molar-refractivity contribution >= 4 is 5.82 Å². The molecule has 5 heteroatoms. The first-order valence-electron chi connectivity index (χ1n) is 8.11. The van der Waals surface area contributed by atoms with Crippen molar-refractivity contribution in [3.63, 3.8) is 0 Å². The van der Waals surface area contributed by atoms with Gasteiger partial charge < -0.3 is 14.8 Å². The van der Waals surface area contributed by atoms with E-state index < -0.39 is 0 Å². The van der Waals surface area contributed by atoms with Crippen LogP contribution in [0.4, 0.5) is 5.82 Å². The first-order valence-corrected chi connectivity index (χ1v) is 8.11. The molecule has 118 valence electrons. The molecule has 1 atom stereocenters. The maximum absolute atomic E-state index is 12.3. The minimum atomic E-state index is -0.00522. The molecule has 0 aromatic carbocycles. The van der Waals surface area contributed by atoms with E-state index in [1.165, 1.54) is 19.4 Å². The molecule has 1 aliphatic rings. The van der Waals surface area contributed by atoms with Gasteiger partial charge in [-0.1, -0.05) is 20.8 Å². The summed E-state index contributed by atoms with van der Waals surface area (Å²) in [5, 5.41) is 3.27. The van der Waals surface area contributed by atoms with Gasteiger partial charge in [0.25, 0.3) is 5.56 Å². The molecule has 21 heavy (non-hydrogen) atoms. The third-order valence-electron chi connectivity index (χ3n) is 4.08. The summed E-state index contributed by atoms with van der Waals surface area (Å²) in [4.78, 5) is 19.0. The zero-order valence-corrected chi connectivity index (χ0v) is 13.5. The zero-order valence-electron chi connectivity index (χ0n) is 13.5. The maximum Gasteiger partial charge on any atom is 0.293 e. The molecule has 1 aliphatic heterocycles. The monoisotopic (exact) mass is 292 g/mol. The maximum atomic E-state index is 12.3. The lowest BCUT2D eigenvalue weighted by molar-refractivity contribution is 0.189. The molecule has 0 bridgehead atoms. The third kappa shape index (κ3) is 4.56. The first-order chi connectivity index (χ1) is 10.1. The molecule has 0 saturated carbocycles. The fourth-order valence-corrected chi connectivity index (χ4v) is 2.95. The molecular formula is C16H28N4O. The van der Waals surface area contributed by atoms with E-state index in [2.05, 4.69) is 36.0 Å². The van der Waals surface area contributed by atoms with Crippen molar-refractivity contribution in [2.75, 3.05) is 31.5 Å². The number of piperidine rings is 1. The number of likely N-dealkylation sites (tertiary alicyclic amines) is 1. The summed E-state index contributed by atoms with van der Waals surface area (Å²) >= 11 is 0. The highest BCUT2D eigenvalue weighted by Crippen LogP contribution is 2.16. The minimum Gasteiger partial charge on any atom is -0.365 e. The number of hydrogen-bond acceptors (Lipinski definition) is 4. The van der Waals surface area contributed by atoms with Gasteiger partial charge in [-0.2, -0.15) is 0 Å². The number of anilines is 1. The Morgan fingerprint density at radius 3 is 3.00 bits per heavy atom. The van der Waals surface area contributed by atoms with Gasteiger partial charge in [0.2, 0.25) is 0 Å². The molecule has 1 fully saturated rings. The number of nitrogens with one attached hydrogen (secondary N) is 1. The lowest BCUT2D eigenvalue weighted by Crippen LogP contribution is -2.38. The van der Waals surface area contributed by atoms with Crippen LogP contribution in [-0.2, 0) is 6.54 Å². The Morgan fingerprint density at radius 2 is 2.29 bits per heavy atom. The first kappa shape index (κ1) is 16.0. The summed E-state index contributed by atoms with van der Waals surface area (Å²) in [6.07, 6.45) is 5.97. The minimum absolute atomic E-state index is 0.00522. The average molecular weight is 292 g/mol. The predicted octanol–water partition coefficient (Wildman–Crippen LogP) is 2.04. The van der Waals surface area contributed by atoms with Gasteiger partial charge >= 0.3 is 0 Å². The second-order valence-corrected chi connectivity index (χ2v) is 6.41. The van der Waals surface area contributed by atoms with Crippen LogP contribution < -0.4 is 10.9 Å². The molecular weight excluding hydrogens is 264 g/mol. The predicted molar refractivity (Wildman–Crippen MR) is 86.7 cm³/mol. The standard InChI is InChI=1S/C16H28N4O/c1-4-19-8-5-6-14(12-19)10-18-15-16(21)20(9-7-17-15)11-13(2)3/h7,9,13-14H,4-6,8,10-12H2,1-3H3,(H,17,18). The average Bonchev–Trinajstić information content (AvgIpc) is 2.48. The normalized spacial score (nSPS) is 19.9. The van der Waals surface area contributed by atoms with Gasteiger partial charge in [0.15, 0.2) is 5.82 Å². The Balaban J connectivity index is 1.95. The molecule has 2 heterocycles. The SMILES string of the molecule is CCN1CCCC(CNc2nccn(CC(C)C)c2=O)C1. The molecule has 0 amide bonds. The third-order valence-corrected chi connectivity index (χ3v) is 4.08. The molecule has 1 saturated heterocycles. The molecule has 1 unspecified atom stereocenters. The fraction of sp³-hybridized carbons (Fsp3) is 0.750. The summed E-state index contributed by atoms with van der Waals surface area (Å²) in [6, 6.07) is 0. The van der Waals surface area contributed by atoms with Crippen molar-refractivity contribution in [2.45, 2.75) is 40.2 Å². The fourth-order valence-electron chi connectivity index (χ4n) is 2.95. The smallest absolute Gasteiger partial charge is 0.293 e. The van der Waals surface area contributed by atoms with E-state index in [1.54, 1.807) is 17.0 Å². The van der Waals surface area contributed by atoms with Crippen LogP contribution in [0.1, 0.15) is 33.6 Å². The Bertz CT molecular complexity index is 497. The van der Waals surface area contributed by atoms with Gasteiger partial charge in [-0.15, -0.1) is 0 Å².